The van der Waals surface area contributed by atoms with E-state index in [0.29, 0.717) is 32.7 Å². The van der Waals surface area contributed by atoms with Crippen molar-refractivity contribution in [1.82, 2.24) is 4.90 Å². The zero-order valence-electron chi connectivity index (χ0n) is 17.5. The minimum atomic E-state index is -0.521. The van der Waals surface area contributed by atoms with Crippen molar-refractivity contribution in [2.75, 3.05) is 49.6 Å². The van der Waals surface area contributed by atoms with Crippen LogP contribution < -0.4 is 9.80 Å². The Bertz CT molecular complexity index is 781. The molecule has 1 atom stereocenters. The van der Waals surface area contributed by atoms with Gasteiger partial charge in [0, 0.05) is 39.1 Å². The van der Waals surface area contributed by atoms with Crippen molar-refractivity contribution in [1.29, 1.82) is 0 Å². The van der Waals surface area contributed by atoms with Crippen LogP contribution in [0.15, 0.2) is 24.3 Å². The Morgan fingerprint density at radius 1 is 1.03 bits per heavy atom. The summed E-state index contributed by atoms with van der Waals surface area (Å²) in [6.45, 7) is 8.24. The molecule has 1 aromatic carbocycles. The van der Waals surface area contributed by atoms with Gasteiger partial charge in [0.25, 0.3) is 0 Å². The van der Waals surface area contributed by atoms with Crippen LogP contribution in [0.1, 0.15) is 27.2 Å². The fraction of sp³-hybridized carbons (Fsp3) is 0.571. The third-order valence-corrected chi connectivity index (χ3v) is 5.10. The van der Waals surface area contributed by atoms with Crippen molar-refractivity contribution < 1.29 is 23.9 Å². The number of amides is 2. The van der Waals surface area contributed by atoms with Crippen molar-refractivity contribution in [2.45, 2.75) is 32.8 Å². The molecule has 0 aromatic heterocycles. The summed E-state index contributed by atoms with van der Waals surface area (Å²) in [6, 6.07) is 7.68. The van der Waals surface area contributed by atoms with E-state index in [1.54, 1.807) is 9.80 Å². The third-order valence-electron chi connectivity index (χ3n) is 5.10. The molecule has 3 rings (SSSR count). The minimum Gasteiger partial charge on any atom is -0.469 e. The van der Waals surface area contributed by atoms with Crippen LogP contribution in [0.3, 0.4) is 0 Å². The molecular formula is C21H29N3O5. The molecule has 0 saturated carbocycles. The second-order valence-corrected chi connectivity index (χ2v) is 8.37. The van der Waals surface area contributed by atoms with E-state index in [2.05, 4.69) is 4.90 Å². The van der Waals surface area contributed by atoms with E-state index in [0.717, 1.165) is 11.4 Å². The quantitative estimate of drug-likeness (QED) is 0.721. The molecule has 8 nitrogen and oxygen atoms in total. The Morgan fingerprint density at radius 3 is 2.24 bits per heavy atom. The van der Waals surface area contributed by atoms with Gasteiger partial charge in [0.15, 0.2) is 0 Å². The van der Waals surface area contributed by atoms with E-state index < -0.39 is 11.5 Å². The average Bonchev–Trinajstić information content (AvgIpc) is 3.07. The van der Waals surface area contributed by atoms with Crippen LogP contribution in [0.4, 0.5) is 16.2 Å². The van der Waals surface area contributed by atoms with Gasteiger partial charge in [-0.1, -0.05) is 12.1 Å². The lowest BCUT2D eigenvalue weighted by atomic mass is 10.1. The van der Waals surface area contributed by atoms with Crippen molar-refractivity contribution >= 4 is 29.3 Å². The van der Waals surface area contributed by atoms with Crippen LogP contribution in [0.25, 0.3) is 0 Å². The zero-order chi connectivity index (χ0) is 21.2. The normalized spacial score (nSPS) is 20.1. The molecule has 2 amide bonds. The van der Waals surface area contributed by atoms with E-state index in [1.165, 1.54) is 7.11 Å². The maximum absolute atomic E-state index is 12.5. The second-order valence-electron chi connectivity index (χ2n) is 8.37. The summed E-state index contributed by atoms with van der Waals surface area (Å²) < 4.78 is 10.3. The molecule has 158 valence electrons. The maximum atomic E-state index is 12.5. The number of anilines is 2. The van der Waals surface area contributed by atoms with Crippen LogP contribution in [0.2, 0.25) is 0 Å². The second kappa shape index (κ2) is 8.31. The summed E-state index contributed by atoms with van der Waals surface area (Å²) in [5, 5.41) is 0. The molecule has 2 aliphatic heterocycles. The van der Waals surface area contributed by atoms with Crippen LogP contribution >= 0.6 is 0 Å². The lowest BCUT2D eigenvalue weighted by Crippen LogP contribution is -2.50. The number of rotatable bonds is 3. The number of carbonyl (C=O) groups is 3. The van der Waals surface area contributed by atoms with Gasteiger partial charge >= 0.3 is 12.1 Å². The molecule has 2 heterocycles. The Hall–Kier alpha value is -2.77. The average molecular weight is 403 g/mol. The van der Waals surface area contributed by atoms with Gasteiger partial charge in [-0.05, 0) is 32.9 Å². The highest BCUT2D eigenvalue weighted by atomic mass is 16.6. The number of nitrogens with zero attached hydrogens (tertiary/aromatic N) is 3. The van der Waals surface area contributed by atoms with E-state index in [4.69, 9.17) is 9.47 Å². The fourth-order valence-electron chi connectivity index (χ4n) is 3.68. The fourth-order valence-corrected chi connectivity index (χ4v) is 3.68. The summed E-state index contributed by atoms with van der Waals surface area (Å²) in [5.74, 6) is -0.880. The number of esters is 1. The summed E-state index contributed by atoms with van der Waals surface area (Å²) in [4.78, 5) is 42.2. The molecule has 0 radical (unpaired) electrons. The van der Waals surface area contributed by atoms with Crippen molar-refractivity contribution in [2.24, 2.45) is 5.92 Å². The van der Waals surface area contributed by atoms with Crippen molar-refractivity contribution in [3.05, 3.63) is 24.3 Å². The first-order valence-electron chi connectivity index (χ1n) is 9.89. The zero-order valence-corrected chi connectivity index (χ0v) is 17.5. The summed E-state index contributed by atoms with van der Waals surface area (Å²) in [7, 11) is 1.34. The largest absolute Gasteiger partial charge is 0.469 e. The summed E-state index contributed by atoms with van der Waals surface area (Å²) in [6.07, 6.45) is -0.144. The van der Waals surface area contributed by atoms with Gasteiger partial charge in [-0.15, -0.1) is 0 Å². The number of ether oxygens (including phenoxy) is 2. The molecule has 2 aliphatic rings. The number of hydrogen-bond donors (Lipinski definition) is 0. The van der Waals surface area contributed by atoms with E-state index in [9.17, 15) is 14.4 Å². The standard InChI is InChI=1S/C21H29N3O5/c1-21(2,3)29-20(27)23-11-9-22(10-12-23)16-7-5-6-8-17(16)24-14-15(13-18(24)25)19(26)28-4/h5-8,15H,9-14H2,1-4H3. The number of hydrogen-bond acceptors (Lipinski definition) is 6. The molecule has 0 N–H and O–H groups in total. The Balaban J connectivity index is 1.70. The summed E-state index contributed by atoms with van der Waals surface area (Å²) >= 11 is 0. The first-order valence-corrected chi connectivity index (χ1v) is 9.89. The molecule has 8 heteroatoms. The Labute approximate surface area is 171 Å². The van der Waals surface area contributed by atoms with Gasteiger partial charge in [0.05, 0.1) is 24.4 Å². The first-order chi connectivity index (χ1) is 13.7. The van der Waals surface area contributed by atoms with Crippen molar-refractivity contribution in [3.8, 4) is 0 Å². The van der Waals surface area contributed by atoms with Crippen LogP contribution in [-0.4, -0.2) is 68.3 Å². The lowest BCUT2D eigenvalue weighted by molar-refractivity contribution is -0.145. The molecule has 1 aromatic rings. The number of carbonyl (C=O) groups excluding carboxylic acids is 3. The van der Waals surface area contributed by atoms with E-state index in [1.807, 2.05) is 45.0 Å². The molecule has 0 spiro atoms. The topological polar surface area (TPSA) is 79.4 Å². The molecule has 0 aliphatic carbocycles. The highest BCUT2D eigenvalue weighted by Crippen LogP contribution is 2.34. The Kier molecular flexibility index (Phi) is 6.00. The lowest BCUT2D eigenvalue weighted by Gasteiger charge is -2.38. The van der Waals surface area contributed by atoms with Gasteiger partial charge in [0.2, 0.25) is 5.91 Å². The van der Waals surface area contributed by atoms with E-state index in [-0.39, 0.29) is 24.4 Å². The van der Waals surface area contributed by atoms with Gasteiger partial charge in [0.1, 0.15) is 5.60 Å². The van der Waals surface area contributed by atoms with Gasteiger partial charge in [-0.25, -0.2) is 4.79 Å². The first kappa shape index (κ1) is 21.0. The SMILES string of the molecule is COC(=O)C1CC(=O)N(c2ccccc2N2CCN(C(=O)OC(C)(C)C)CC2)C1. The number of piperazine rings is 1. The number of para-hydroxylation sites is 2. The summed E-state index contributed by atoms with van der Waals surface area (Å²) in [5.41, 5.74) is 1.19. The van der Waals surface area contributed by atoms with E-state index >= 15 is 0 Å². The monoisotopic (exact) mass is 403 g/mol. The predicted molar refractivity (Wildman–Crippen MR) is 109 cm³/mol. The van der Waals surface area contributed by atoms with Crippen LogP contribution in [0, 0.1) is 5.92 Å². The molecular weight excluding hydrogens is 374 g/mol. The smallest absolute Gasteiger partial charge is 0.410 e. The molecule has 2 fully saturated rings. The predicted octanol–water partition coefficient (Wildman–Crippen LogP) is 2.27. The minimum absolute atomic E-state index is 0.0831. The Morgan fingerprint density at radius 2 is 1.66 bits per heavy atom. The molecule has 29 heavy (non-hydrogen) atoms. The van der Waals surface area contributed by atoms with Crippen LogP contribution in [0.5, 0.6) is 0 Å². The molecule has 0 bridgehead atoms. The third kappa shape index (κ3) is 4.81. The van der Waals surface area contributed by atoms with Crippen molar-refractivity contribution in [3.63, 3.8) is 0 Å². The van der Waals surface area contributed by atoms with Gasteiger partial charge in [-0.2, -0.15) is 0 Å². The highest BCUT2D eigenvalue weighted by molar-refractivity contribution is 6.01. The maximum Gasteiger partial charge on any atom is 0.410 e. The molecule has 1 unspecified atom stereocenters. The number of methoxy groups -OCH3 is 1. The van der Waals surface area contributed by atoms with Gasteiger partial charge in [-0.3, -0.25) is 9.59 Å². The number of benzene rings is 1. The molecule has 2 saturated heterocycles. The van der Waals surface area contributed by atoms with Gasteiger partial charge < -0.3 is 24.2 Å². The highest BCUT2D eigenvalue weighted by Gasteiger charge is 2.37. The van der Waals surface area contributed by atoms with Crippen LogP contribution in [-0.2, 0) is 19.1 Å².